The normalized spacial score (nSPS) is 17.1. The Morgan fingerprint density at radius 2 is 1.69 bits per heavy atom. The molecular formula is C24H23F2N5O4. The molecule has 1 spiro atoms. The first-order valence-corrected chi connectivity index (χ1v) is 11.3. The molecule has 2 heterocycles. The van der Waals surface area contributed by atoms with Crippen LogP contribution in [0.5, 0.6) is 0 Å². The molecule has 0 bridgehead atoms. The number of hydrogen-bond donors (Lipinski definition) is 3. The molecule has 3 aromatic rings. The highest BCUT2D eigenvalue weighted by Crippen LogP contribution is 2.52. The maximum absolute atomic E-state index is 13.3. The van der Waals surface area contributed by atoms with Crippen LogP contribution in [0.1, 0.15) is 36.4 Å². The van der Waals surface area contributed by atoms with Gasteiger partial charge in [0.2, 0.25) is 0 Å². The number of rotatable bonds is 6. The van der Waals surface area contributed by atoms with Crippen molar-refractivity contribution in [2.24, 2.45) is 11.3 Å². The van der Waals surface area contributed by atoms with Crippen molar-refractivity contribution in [3.05, 3.63) is 60.0 Å². The molecule has 1 amide bonds. The van der Waals surface area contributed by atoms with Crippen molar-refractivity contribution in [3.63, 3.8) is 0 Å². The lowest BCUT2D eigenvalue weighted by Gasteiger charge is -2.51. The molecule has 1 aliphatic carbocycles. The highest BCUT2D eigenvalue weighted by Gasteiger charge is 2.48. The number of amides is 1. The van der Waals surface area contributed by atoms with Gasteiger partial charge in [0.25, 0.3) is 0 Å². The number of carboxylic acid groups (broad SMARTS) is 1. The molecule has 182 valence electrons. The van der Waals surface area contributed by atoms with Gasteiger partial charge in [-0.2, -0.15) is 0 Å². The smallest absolute Gasteiger partial charge is 0.320 e. The number of halogens is 2. The lowest BCUT2D eigenvalue weighted by Crippen LogP contribution is -2.49. The van der Waals surface area contributed by atoms with Gasteiger partial charge in [0.05, 0.1) is 5.92 Å². The second kappa shape index (κ2) is 8.97. The fourth-order valence-corrected chi connectivity index (χ4v) is 4.81. The van der Waals surface area contributed by atoms with Gasteiger partial charge in [0.15, 0.2) is 11.6 Å². The number of anilines is 4. The first-order chi connectivity index (χ1) is 16.8. The van der Waals surface area contributed by atoms with Gasteiger partial charge in [-0.3, -0.25) is 9.59 Å². The molecule has 35 heavy (non-hydrogen) atoms. The zero-order valence-corrected chi connectivity index (χ0v) is 18.6. The van der Waals surface area contributed by atoms with Crippen LogP contribution in [0.2, 0.25) is 0 Å². The first-order valence-electron chi connectivity index (χ1n) is 11.3. The van der Waals surface area contributed by atoms with Crippen LogP contribution < -0.4 is 15.5 Å². The van der Waals surface area contributed by atoms with Crippen LogP contribution in [0.25, 0.3) is 0 Å². The second-order valence-electron chi connectivity index (χ2n) is 9.10. The number of aromatic nitrogens is 2. The average Bonchev–Trinajstić information content (AvgIpc) is 3.29. The lowest BCUT2D eigenvalue weighted by molar-refractivity contribution is -0.151. The molecule has 1 aromatic heterocycles. The standard InChI is InChI=1S/C24H23F2N5O4/c25-18-6-3-16(11-19(18)26)28-23-30-29-21(35-23)20(32)27-15-1-4-17(5-2-15)31-9-7-24(8-10-31)12-14(13-24)22(33)34/h1-6,11,14H,7-10,12-13H2,(H,27,32)(H,28,30)(H,33,34). The summed E-state index contributed by atoms with van der Waals surface area (Å²) < 4.78 is 31.6. The van der Waals surface area contributed by atoms with Gasteiger partial charge in [-0.05, 0) is 67.5 Å². The molecule has 1 saturated heterocycles. The number of aliphatic carboxylic acids is 1. The monoisotopic (exact) mass is 483 g/mol. The van der Waals surface area contributed by atoms with Gasteiger partial charge < -0.3 is 25.1 Å². The largest absolute Gasteiger partial charge is 0.481 e. The van der Waals surface area contributed by atoms with E-state index >= 15 is 0 Å². The van der Waals surface area contributed by atoms with E-state index in [-0.39, 0.29) is 28.9 Å². The van der Waals surface area contributed by atoms with Gasteiger partial charge in [-0.1, -0.05) is 5.10 Å². The van der Waals surface area contributed by atoms with Crippen molar-refractivity contribution in [1.29, 1.82) is 0 Å². The molecule has 1 aliphatic heterocycles. The molecule has 9 nitrogen and oxygen atoms in total. The van der Waals surface area contributed by atoms with Crippen LogP contribution in [-0.2, 0) is 4.79 Å². The Morgan fingerprint density at radius 3 is 2.34 bits per heavy atom. The highest BCUT2D eigenvalue weighted by molar-refractivity contribution is 6.01. The minimum Gasteiger partial charge on any atom is -0.481 e. The van der Waals surface area contributed by atoms with Gasteiger partial charge in [-0.15, -0.1) is 5.10 Å². The van der Waals surface area contributed by atoms with E-state index in [1.807, 2.05) is 12.1 Å². The van der Waals surface area contributed by atoms with Crippen molar-refractivity contribution in [2.75, 3.05) is 28.6 Å². The summed E-state index contributed by atoms with van der Waals surface area (Å²) in [5.41, 5.74) is 1.94. The highest BCUT2D eigenvalue weighted by atomic mass is 19.2. The fraction of sp³-hybridized carbons (Fsp3) is 0.333. The van der Waals surface area contributed by atoms with Crippen LogP contribution in [0.15, 0.2) is 46.9 Å². The summed E-state index contributed by atoms with van der Waals surface area (Å²) in [6.45, 7) is 1.74. The quantitative estimate of drug-likeness (QED) is 0.471. The minimum atomic E-state index is -1.03. The summed E-state index contributed by atoms with van der Waals surface area (Å²) in [5, 5.41) is 21.8. The topological polar surface area (TPSA) is 121 Å². The number of carbonyl (C=O) groups is 2. The average molecular weight is 483 g/mol. The first kappa shape index (κ1) is 22.8. The van der Waals surface area contributed by atoms with E-state index in [9.17, 15) is 18.4 Å². The van der Waals surface area contributed by atoms with Crippen molar-refractivity contribution >= 4 is 35.0 Å². The molecule has 2 aromatic carbocycles. The Balaban J connectivity index is 1.14. The summed E-state index contributed by atoms with van der Waals surface area (Å²) in [6, 6.07) is 10.4. The summed E-state index contributed by atoms with van der Waals surface area (Å²) in [6.07, 6.45) is 3.50. The predicted molar refractivity (Wildman–Crippen MR) is 123 cm³/mol. The SMILES string of the molecule is O=C(Nc1ccc(N2CCC3(CC2)CC(C(=O)O)C3)cc1)c1nnc(Nc2ccc(F)c(F)c2)o1. The Labute approximate surface area is 199 Å². The van der Waals surface area contributed by atoms with Crippen LogP contribution in [0.3, 0.4) is 0 Å². The molecule has 0 unspecified atom stereocenters. The number of piperidine rings is 1. The Morgan fingerprint density at radius 1 is 1.00 bits per heavy atom. The molecule has 11 heteroatoms. The van der Waals surface area contributed by atoms with Crippen LogP contribution in [-0.4, -0.2) is 40.3 Å². The van der Waals surface area contributed by atoms with Crippen LogP contribution in [0.4, 0.5) is 31.9 Å². The Bertz CT molecular complexity index is 1250. The zero-order valence-electron chi connectivity index (χ0n) is 18.6. The van der Waals surface area contributed by atoms with Crippen molar-refractivity contribution < 1.29 is 27.9 Å². The van der Waals surface area contributed by atoms with Crippen LogP contribution in [0, 0.1) is 23.0 Å². The fourth-order valence-electron chi connectivity index (χ4n) is 4.81. The van der Waals surface area contributed by atoms with Crippen molar-refractivity contribution in [2.45, 2.75) is 25.7 Å². The molecule has 3 N–H and O–H groups in total. The minimum absolute atomic E-state index is 0.138. The molecule has 0 atom stereocenters. The summed E-state index contributed by atoms with van der Waals surface area (Å²) >= 11 is 0. The molecule has 0 radical (unpaired) electrons. The predicted octanol–water partition coefficient (Wildman–Crippen LogP) is 4.42. The van der Waals surface area contributed by atoms with Crippen LogP contribution >= 0.6 is 0 Å². The maximum atomic E-state index is 13.3. The Hall–Kier alpha value is -4.02. The van der Waals surface area contributed by atoms with Gasteiger partial charge in [0, 0.05) is 36.2 Å². The van der Waals surface area contributed by atoms with Gasteiger partial charge in [-0.25, -0.2) is 8.78 Å². The van der Waals surface area contributed by atoms with E-state index in [1.165, 1.54) is 6.07 Å². The Kier molecular flexibility index (Phi) is 5.83. The molecule has 5 rings (SSSR count). The number of carbonyl (C=O) groups excluding carboxylic acids is 1. The summed E-state index contributed by atoms with van der Waals surface area (Å²) in [5.74, 6) is -3.80. The number of nitrogens with one attached hydrogen (secondary N) is 2. The number of hydrogen-bond acceptors (Lipinski definition) is 7. The van der Waals surface area contributed by atoms with Crippen molar-refractivity contribution in [3.8, 4) is 0 Å². The summed E-state index contributed by atoms with van der Waals surface area (Å²) in [7, 11) is 0. The number of benzene rings is 2. The molecule has 1 saturated carbocycles. The molecule has 2 aliphatic rings. The van der Waals surface area contributed by atoms with Gasteiger partial charge in [0.1, 0.15) is 0 Å². The molecule has 2 fully saturated rings. The third-order valence-electron chi connectivity index (χ3n) is 6.81. The third-order valence-corrected chi connectivity index (χ3v) is 6.81. The lowest BCUT2D eigenvalue weighted by atomic mass is 9.57. The third kappa shape index (κ3) is 4.79. The number of carboxylic acids is 1. The van der Waals surface area contributed by atoms with E-state index in [2.05, 4.69) is 25.7 Å². The summed E-state index contributed by atoms with van der Waals surface area (Å²) in [4.78, 5) is 25.8. The number of nitrogens with zero attached hydrogens (tertiary/aromatic N) is 3. The second-order valence-corrected chi connectivity index (χ2v) is 9.10. The van der Waals surface area contributed by atoms with E-state index in [0.717, 1.165) is 56.6 Å². The maximum Gasteiger partial charge on any atom is 0.320 e. The van der Waals surface area contributed by atoms with E-state index in [4.69, 9.17) is 9.52 Å². The van der Waals surface area contributed by atoms with Crippen molar-refractivity contribution in [1.82, 2.24) is 10.2 Å². The van der Waals surface area contributed by atoms with E-state index in [0.29, 0.717) is 5.69 Å². The van der Waals surface area contributed by atoms with Gasteiger partial charge >= 0.3 is 23.8 Å². The van der Waals surface area contributed by atoms with E-state index in [1.54, 1.807) is 12.1 Å². The van der Waals surface area contributed by atoms with E-state index < -0.39 is 23.5 Å². The molecular weight excluding hydrogens is 460 g/mol. The zero-order chi connectivity index (χ0) is 24.6.